The van der Waals surface area contributed by atoms with E-state index in [0.717, 1.165) is 0 Å². The Morgan fingerprint density at radius 2 is 1.04 bits per heavy atom. The molecule has 0 bridgehead atoms. The summed E-state index contributed by atoms with van der Waals surface area (Å²) in [6.45, 7) is -1.34. The van der Waals surface area contributed by atoms with Crippen LogP contribution in [-0.2, 0) is 36.1 Å². The summed E-state index contributed by atoms with van der Waals surface area (Å²) in [5.41, 5.74) is 0. The predicted molar refractivity (Wildman–Crippen MR) is 70.5 cm³/mol. The molecule has 0 fully saturated rings. The van der Waals surface area contributed by atoms with Gasteiger partial charge in [-0.15, -0.1) is 0 Å². The first-order valence-electron chi connectivity index (χ1n) is 6.39. The number of cyclic esters (lactones) is 2. The van der Waals surface area contributed by atoms with Crippen molar-refractivity contribution in [2.75, 3.05) is 13.2 Å². The zero-order valence-corrected chi connectivity index (χ0v) is 13.4. The fourth-order valence-electron chi connectivity index (χ4n) is 1.65. The third-order valence-electron chi connectivity index (χ3n) is 2.95. The molecule has 142 valence electrons. The van der Waals surface area contributed by atoms with E-state index in [1.807, 2.05) is 0 Å². The molecule has 2 rings (SSSR count). The molecule has 0 aromatic carbocycles. The first-order chi connectivity index (χ1) is 11.1. The number of carbonyl (C=O) groups excluding carboxylic acids is 2. The summed E-state index contributed by atoms with van der Waals surface area (Å²) in [6.07, 6.45) is -5.55. The summed E-state index contributed by atoms with van der Waals surface area (Å²) in [4.78, 5) is 21.1. The van der Waals surface area contributed by atoms with Crippen molar-refractivity contribution in [1.82, 2.24) is 0 Å². The molecule has 13 heteroatoms. The van der Waals surface area contributed by atoms with E-state index in [2.05, 4.69) is 9.47 Å². The van der Waals surface area contributed by atoms with Gasteiger partial charge in [0.2, 0.25) is 11.5 Å². The number of aliphatic hydroxyl groups is 8. The van der Waals surface area contributed by atoms with Gasteiger partial charge >= 0.3 is 29.0 Å². The van der Waals surface area contributed by atoms with E-state index in [1.54, 1.807) is 0 Å². The molecule has 0 radical (unpaired) electrons. The number of hydrogen-bond acceptors (Lipinski definition) is 12. The Labute approximate surface area is 150 Å². The maximum atomic E-state index is 10.5. The van der Waals surface area contributed by atoms with Crippen LogP contribution in [0.1, 0.15) is 0 Å². The minimum atomic E-state index is -1.42. The fourth-order valence-corrected chi connectivity index (χ4v) is 1.65. The van der Waals surface area contributed by atoms with Crippen LogP contribution in [0, 0.1) is 0 Å². The summed E-state index contributed by atoms with van der Waals surface area (Å²) in [5, 5.41) is 70.1. The van der Waals surface area contributed by atoms with Gasteiger partial charge in [-0.05, 0) is 0 Å². The van der Waals surface area contributed by atoms with Crippen molar-refractivity contribution in [1.29, 1.82) is 0 Å². The Balaban J connectivity index is 0.000000443. The number of rotatable bonds is 4. The van der Waals surface area contributed by atoms with Gasteiger partial charge in [-0.1, -0.05) is 0 Å². The molecule has 0 aromatic rings. The van der Waals surface area contributed by atoms with Crippen molar-refractivity contribution in [3.63, 3.8) is 0 Å². The number of ether oxygens (including phenoxy) is 2. The van der Waals surface area contributed by atoms with Crippen LogP contribution < -0.4 is 0 Å². The van der Waals surface area contributed by atoms with Crippen molar-refractivity contribution in [2.24, 2.45) is 0 Å². The molecule has 0 aromatic heterocycles. The summed E-state index contributed by atoms with van der Waals surface area (Å²) in [5.74, 6) is -5.56. The Morgan fingerprint density at radius 3 is 1.20 bits per heavy atom. The number of hydrogen-bond donors (Lipinski definition) is 8. The van der Waals surface area contributed by atoms with Crippen molar-refractivity contribution in [2.45, 2.75) is 24.4 Å². The van der Waals surface area contributed by atoms with Gasteiger partial charge in [-0.2, -0.15) is 0 Å². The molecule has 0 spiro atoms. The first kappa shape index (κ1) is 23.0. The van der Waals surface area contributed by atoms with Crippen molar-refractivity contribution in [3.05, 3.63) is 23.0 Å². The normalized spacial score (nSPS) is 24.8. The van der Waals surface area contributed by atoms with Crippen LogP contribution in [0.4, 0.5) is 0 Å². The molecule has 25 heavy (non-hydrogen) atoms. The second kappa shape index (κ2) is 9.46. The van der Waals surface area contributed by atoms with E-state index in [1.165, 1.54) is 0 Å². The van der Waals surface area contributed by atoms with Crippen LogP contribution in [0.15, 0.2) is 23.0 Å². The molecule has 8 N–H and O–H groups in total. The molecule has 0 saturated carbocycles. The zero-order chi connectivity index (χ0) is 18.6. The van der Waals surface area contributed by atoms with Crippen LogP contribution in [0.2, 0.25) is 0 Å². The van der Waals surface area contributed by atoms with Crippen LogP contribution in [0.3, 0.4) is 0 Å². The molecule has 2 aliphatic rings. The average Bonchev–Trinajstić information content (AvgIpc) is 2.98. The van der Waals surface area contributed by atoms with E-state index in [9.17, 15) is 9.59 Å². The monoisotopic (exact) mass is 408 g/mol. The quantitative estimate of drug-likeness (QED) is 0.175. The standard InChI is InChI=1S/2C6H8O6.Fe/c2*7-1-2(8)5-3(9)4(10)6(11)12-5;/h2*2,5,7-10H,1H2;/q;;+2. The topological polar surface area (TPSA) is 214 Å². The Hall–Kier alpha value is -2.02. The third-order valence-corrected chi connectivity index (χ3v) is 2.95. The second-order valence-corrected chi connectivity index (χ2v) is 4.62. The minimum Gasteiger partial charge on any atom is -0.505 e. The SMILES string of the molecule is O=C1OC(C(O)CO)C(O)=C1O.O=C1OC(C(O)CO)C(O)=C1O.[Fe+2]. The van der Waals surface area contributed by atoms with Crippen LogP contribution in [-0.4, -0.2) is 90.4 Å². The van der Waals surface area contributed by atoms with Gasteiger partial charge in [-0.3, -0.25) is 0 Å². The predicted octanol–water partition coefficient (Wildman–Crippen LogP) is -2.82. The first-order valence-corrected chi connectivity index (χ1v) is 6.39. The van der Waals surface area contributed by atoms with Gasteiger partial charge in [0.25, 0.3) is 0 Å². The number of aliphatic hydroxyl groups excluding tert-OH is 8. The summed E-state index contributed by atoms with van der Waals surface area (Å²) < 4.78 is 8.63. The van der Waals surface area contributed by atoms with Gasteiger partial charge < -0.3 is 50.3 Å². The van der Waals surface area contributed by atoms with Gasteiger partial charge in [0.05, 0.1) is 13.2 Å². The molecule has 0 saturated heterocycles. The molecular formula is C12H16FeO12+2. The van der Waals surface area contributed by atoms with E-state index >= 15 is 0 Å². The average molecular weight is 408 g/mol. The molecule has 4 unspecified atom stereocenters. The van der Waals surface area contributed by atoms with Gasteiger partial charge in [0.15, 0.2) is 23.7 Å². The van der Waals surface area contributed by atoms with E-state index in [0.29, 0.717) is 0 Å². The minimum absolute atomic E-state index is 0. The van der Waals surface area contributed by atoms with E-state index in [4.69, 9.17) is 40.9 Å². The second-order valence-electron chi connectivity index (χ2n) is 4.62. The molecule has 2 aliphatic heterocycles. The molecule has 4 atom stereocenters. The number of carbonyl (C=O) groups is 2. The summed E-state index contributed by atoms with van der Waals surface area (Å²) >= 11 is 0. The maximum Gasteiger partial charge on any atom is 2.00 e. The van der Waals surface area contributed by atoms with Crippen molar-refractivity contribution in [3.8, 4) is 0 Å². The van der Waals surface area contributed by atoms with Crippen molar-refractivity contribution >= 4 is 11.9 Å². The third kappa shape index (κ3) is 4.98. The molecule has 2 heterocycles. The maximum absolute atomic E-state index is 10.5. The Bertz CT molecular complexity index is 520. The molecule has 0 aliphatic carbocycles. The van der Waals surface area contributed by atoms with E-state index < -0.39 is 72.6 Å². The molecular weight excluding hydrogens is 392 g/mol. The zero-order valence-electron chi connectivity index (χ0n) is 12.3. The van der Waals surface area contributed by atoms with Gasteiger partial charge in [0, 0.05) is 0 Å². The van der Waals surface area contributed by atoms with Gasteiger partial charge in [-0.25, -0.2) is 9.59 Å². The summed E-state index contributed by atoms with van der Waals surface area (Å²) in [7, 11) is 0. The molecule has 0 amide bonds. The summed E-state index contributed by atoms with van der Waals surface area (Å²) in [6, 6.07) is 0. The van der Waals surface area contributed by atoms with Crippen LogP contribution >= 0.6 is 0 Å². The largest absolute Gasteiger partial charge is 2.00 e. The fraction of sp³-hybridized carbons (Fsp3) is 0.500. The van der Waals surface area contributed by atoms with E-state index in [-0.39, 0.29) is 17.1 Å². The Morgan fingerprint density at radius 1 is 0.760 bits per heavy atom. The number of esters is 2. The van der Waals surface area contributed by atoms with Crippen LogP contribution in [0.25, 0.3) is 0 Å². The molecule has 12 nitrogen and oxygen atoms in total. The van der Waals surface area contributed by atoms with Crippen LogP contribution in [0.5, 0.6) is 0 Å². The Kier molecular flexibility index (Phi) is 8.69. The smallest absolute Gasteiger partial charge is 0.505 e. The van der Waals surface area contributed by atoms with Crippen molar-refractivity contribution < 1.29 is 77.0 Å². The van der Waals surface area contributed by atoms with Gasteiger partial charge in [0.1, 0.15) is 12.2 Å².